The first-order chi connectivity index (χ1) is 27.7. The van der Waals surface area contributed by atoms with Crippen molar-refractivity contribution in [2.24, 2.45) is 0 Å². The van der Waals surface area contributed by atoms with Crippen molar-refractivity contribution in [2.75, 3.05) is 75.1 Å². The summed E-state index contributed by atoms with van der Waals surface area (Å²) in [6.07, 6.45) is 10.8. The van der Waals surface area contributed by atoms with Gasteiger partial charge in [-0.1, -0.05) is 55.3 Å². The second kappa shape index (κ2) is 20.5. The van der Waals surface area contributed by atoms with E-state index in [1.807, 2.05) is 38.2 Å². The van der Waals surface area contributed by atoms with Crippen molar-refractivity contribution in [3.63, 3.8) is 0 Å². The summed E-state index contributed by atoms with van der Waals surface area (Å²) in [5.74, 6) is -0.0756. The molecule has 0 bridgehead atoms. The number of ether oxygens (including phenoxy) is 1. The molecule has 2 aromatic heterocycles. The zero-order valence-electron chi connectivity index (χ0n) is 33.2. The van der Waals surface area contributed by atoms with Crippen LogP contribution in [0.1, 0.15) is 50.2 Å². The zero-order valence-corrected chi connectivity index (χ0v) is 34.0. The normalized spacial score (nSPS) is 14.1. The van der Waals surface area contributed by atoms with Gasteiger partial charge in [0.2, 0.25) is 12.4 Å². The number of anilines is 4. The van der Waals surface area contributed by atoms with Gasteiger partial charge in [0.05, 0.1) is 17.4 Å². The number of carbonyl (C=O) groups is 2. The van der Waals surface area contributed by atoms with Crippen molar-refractivity contribution in [3.8, 4) is 11.1 Å². The van der Waals surface area contributed by atoms with E-state index in [0.717, 1.165) is 119 Å². The summed E-state index contributed by atoms with van der Waals surface area (Å²) in [5, 5.41) is 4.23. The van der Waals surface area contributed by atoms with Crippen LogP contribution in [0.4, 0.5) is 27.4 Å². The molecule has 2 N–H and O–H groups in total. The van der Waals surface area contributed by atoms with E-state index in [1.54, 1.807) is 17.2 Å². The highest BCUT2D eigenvalue weighted by Gasteiger charge is 2.21. The maximum Gasteiger partial charge on any atom is 0.229 e. The molecular weight excluding hydrogens is 743 g/mol. The van der Waals surface area contributed by atoms with Crippen molar-refractivity contribution in [1.82, 2.24) is 24.8 Å². The molecule has 1 amide bonds. The number of fused-ring (bicyclic) bond motifs is 1. The lowest BCUT2D eigenvalue weighted by molar-refractivity contribution is -0.113. The van der Waals surface area contributed by atoms with Crippen LogP contribution in [0.5, 0.6) is 0 Å². The summed E-state index contributed by atoms with van der Waals surface area (Å²) < 4.78 is 19.7. The quantitative estimate of drug-likeness (QED) is 0.0563. The first kappa shape index (κ1) is 41.7. The summed E-state index contributed by atoms with van der Waals surface area (Å²) in [5.41, 5.74) is 7.45. The summed E-state index contributed by atoms with van der Waals surface area (Å²) >= 11 is 5.98. The van der Waals surface area contributed by atoms with Gasteiger partial charge in [0.25, 0.3) is 0 Å². The molecule has 1 unspecified atom stereocenters. The molecule has 1 atom stereocenters. The molecule has 6 rings (SSSR count). The fourth-order valence-corrected chi connectivity index (χ4v) is 7.61. The van der Waals surface area contributed by atoms with Gasteiger partial charge in [-0.3, -0.25) is 9.69 Å². The van der Waals surface area contributed by atoms with Gasteiger partial charge in [0, 0.05) is 94.1 Å². The molecule has 1 saturated heterocycles. The molecule has 5 aromatic rings. The molecule has 3 heterocycles. The number of aldehydes is 1. The van der Waals surface area contributed by atoms with Gasteiger partial charge in [-0.2, -0.15) is 4.98 Å². The molecule has 57 heavy (non-hydrogen) atoms. The number of H-pyrrole nitrogens is 1. The van der Waals surface area contributed by atoms with Gasteiger partial charge in [0.15, 0.2) is 0 Å². The third-order valence-electron chi connectivity index (χ3n) is 10.5. The Balaban J connectivity index is 0.866. The minimum atomic E-state index is -0.458. The van der Waals surface area contributed by atoms with Gasteiger partial charge < -0.3 is 34.5 Å². The number of hydrogen-bond acceptors (Lipinski definition) is 9. The lowest BCUT2D eigenvalue weighted by Crippen LogP contribution is -2.46. The molecule has 1 aliphatic rings. The Kier molecular flexibility index (Phi) is 15.0. The van der Waals surface area contributed by atoms with Crippen LogP contribution >= 0.6 is 11.6 Å². The van der Waals surface area contributed by atoms with Gasteiger partial charge in [-0.25, -0.2) is 9.37 Å². The molecule has 3 aromatic carbocycles. The van der Waals surface area contributed by atoms with Crippen LogP contribution in [-0.2, 0) is 27.3 Å². The molecule has 1 fully saturated rings. The van der Waals surface area contributed by atoms with E-state index in [2.05, 4.69) is 66.5 Å². The first-order valence-electron chi connectivity index (χ1n) is 19.9. The number of piperazine rings is 1. The molecule has 0 aliphatic carbocycles. The van der Waals surface area contributed by atoms with Crippen LogP contribution in [0.15, 0.2) is 73.1 Å². The third kappa shape index (κ3) is 11.4. The molecule has 0 saturated carbocycles. The molecule has 1 aliphatic heterocycles. The van der Waals surface area contributed by atoms with Crippen LogP contribution in [0, 0.1) is 5.82 Å². The highest BCUT2D eigenvalue weighted by atomic mass is 35.5. The van der Waals surface area contributed by atoms with Crippen LogP contribution in [0.2, 0.25) is 5.02 Å². The standard InChI is InChI=1S/C44H54ClFN8O3/c1-4-8-38(30-55)54(31-56)41-15-12-32(23-42(41)51(2)3)9-7-22-57-21-6-5-16-52-17-19-53(20-18-52)29-33-10-13-34(14-11-33)39-27-47-43-40(39)28-48-44(50-43)49-37-25-35(45)24-36(46)26-37/h10-15,23-28,30-31,38H,4-9,16-22,29H2,1-3H3,(H2,47,48,49,50). The second-order valence-electron chi connectivity index (χ2n) is 14.9. The fraction of sp³-hybridized carbons (Fsp3) is 0.409. The molecule has 0 spiro atoms. The number of rotatable bonds is 21. The van der Waals surface area contributed by atoms with Crippen LogP contribution in [0.3, 0.4) is 0 Å². The highest BCUT2D eigenvalue weighted by Crippen LogP contribution is 2.32. The largest absolute Gasteiger partial charge is 0.381 e. The highest BCUT2D eigenvalue weighted by molar-refractivity contribution is 6.30. The van der Waals surface area contributed by atoms with E-state index in [4.69, 9.17) is 16.3 Å². The zero-order chi connectivity index (χ0) is 40.1. The number of carbonyl (C=O) groups excluding carboxylic acids is 2. The Morgan fingerprint density at radius 1 is 0.947 bits per heavy atom. The van der Waals surface area contributed by atoms with Gasteiger partial charge in [0.1, 0.15) is 17.8 Å². The predicted molar refractivity (Wildman–Crippen MR) is 228 cm³/mol. The van der Waals surface area contributed by atoms with Crippen molar-refractivity contribution >= 4 is 58.3 Å². The summed E-state index contributed by atoms with van der Waals surface area (Å²) in [6, 6.07) is 18.6. The number of hydrogen-bond donors (Lipinski definition) is 2. The minimum Gasteiger partial charge on any atom is -0.381 e. The maximum absolute atomic E-state index is 13.8. The van der Waals surface area contributed by atoms with Gasteiger partial charge in [-0.15, -0.1) is 0 Å². The van der Waals surface area contributed by atoms with Crippen molar-refractivity contribution in [2.45, 2.75) is 58.0 Å². The Bertz CT molecular complexity index is 2050. The predicted octanol–water partition coefficient (Wildman–Crippen LogP) is 8.10. The Morgan fingerprint density at radius 2 is 1.70 bits per heavy atom. The summed E-state index contributed by atoms with van der Waals surface area (Å²) in [7, 11) is 3.92. The number of aromatic amines is 1. The van der Waals surface area contributed by atoms with E-state index in [0.29, 0.717) is 35.3 Å². The number of aryl methyl sites for hydroxylation is 1. The number of nitrogens with one attached hydrogen (secondary N) is 2. The molecule has 13 heteroatoms. The van der Waals surface area contributed by atoms with E-state index in [1.165, 1.54) is 23.3 Å². The van der Waals surface area contributed by atoms with Gasteiger partial charge >= 0.3 is 0 Å². The van der Waals surface area contributed by atoms with Crippen LogP contribution < -0.4 is 15.1 Å². The summed E-state index contributed by atoms with van der Waals surface area (Å²) in [6.45, 7) is 9.77. The van der Waals surface area contributed by atoms with E-state index in [-0.39, 0.29) is 0 Å². The molecule has 302 valence electrons. The Hall–Kier alpha value is -4.88. The van der Waals surface area contributed by atoms with Crippen LogP contribution in [-0.4, -0.2) is 104 Å². The average molecular weight is 797 g/mol. The van der Waals surface area contributed by atoms with Crippen molar-refractivity contribution in [1.29, 1.82) is 0 Å². The van der Waals surface area contributed by atoms with E-state index < -0.39 is 11.9 Å². The number of amides is 1. The second-order valence-corrected chi connectivity index (χ2v) is 15.3. The number of unbranched alkanes of at least 4 members (excludes halogenated alkanes) is 1. The van der Waals surface area contributed by atoms with Crippen molar-refractivity contribution in [3.05, 3.63) is 95.0 Å². The van der Waals surface area contributed by atoms with E-state index in [9.17, 15) is 14.0 Å². The lowest BCUT2D eigenvalue weighted by atomic mass is 10.0. The first-order valence-corrected chi connectivity index (χ1v) is 20.3. The summed E-state index contributed by atoms with van der Waals surface area (Å²) in [4.78, 5) is 44.5. The minimum absolute atomic E-state index is 0.299. The number of aromatic nitrogens is 3. The van der Waals surface area contributed by atoms with E-state index >= 15 is 0 Å². The smallest absolute Gasteiger partial charge is 0.229 e. The topological polar surface area (TPSA) is 110 Å². The third-order valence-corrected chi connectivity index (χ3v) is 10.7. The maximum atomic E-state index is 13.8. The molecule has 11 nitrogen and oxygen atoms in total. The molecule has 0 radical (unpaired) electrons. The number of nitrogens with zero attached hydrogens (tertiary/aromatic N) is 6. The van der Waals surface area contributed by atoms with Crippen molar-refractivity contribution < 1.29 is 18.7 Å². The number of benzene rings is 3. The monoisotopic (exact) mass is 796 g/mol. The van der Waals surface area contributed by atoms with Gasteiger partial charge in [-0.05, 0) is 85.7 Å². The average Bonchev–Trinajstić information content (AvgIpc) is 3.63. The number of halogens is 2. The fourth-order valence-electron chi connectivity index (χ4n) is 7.38. The Labute approximate surface area is 340 Å². The lowest BCUT2D eigenvalue weighted by Gasteiger charge is -2.34. The van der Waals surface area contributed by atoms with Crippen LogP contribution in [0.25, 0.3) is 22.2 Å². The molecular formula is C44H54ClFN8O3. The SMILES string of the molecule is CCCC(C=O)N(C=O)c1ccc(CCCOCCCCN2CCN(Cc3ccc(-c4c[nH]c5nc(Nc6cc(F)cc(Cl)c6)ncc45)cc3)CC2)cc1N(C)C. The Morgan fingerprint density at radius 3 is 2.42 bits per heavy atom.